The molecule has 0 fully saturated rings. The minimum Gasteiger partial charge on any atom is -0.395 e. The highest BCUT2D eigenvalue weighted by Crippen LogP contribution is 2.06. The lowest BCUT2D eigenvalue weighted by atomic mass is 10.1. The van der Waals surface area contributed by atoms with Crippen LogP contribution < -0.4 is 5.32 Å². The number of amides is 1. The number of aliphatic hydroxyl groups is 1. The third-order valence-electron chi connectivity index (χ3n) is 1.86. The fourth-order valence-corrected chi connectivity index (χ4v) is 1.14. The van der Waals surface area contributed by atoms with E-state index < -0.39 is 0 Å². The van der Waals surface area contributed by atoms with Crippen LogP contribution in [0.3, 0.4) is 0 Å². The number of nitrogens with one attached hydrogen (secondary N) is 1. The Morgan fingerprint density at radius 1 is 1.47 bits per heavy atom. The van der Waals surface area contributed by atoms with E-state index in [0.29, 0.717) is 17.5 Å². The van der Waals surface area contributed by atoms with Gasteiger partial charge in [-0.2, -0.15) is 0 Å². The van der Waals surface area contributed by atoms with Gasteiger partial charge in [0.1, 0.15) is 0 Å². The van der Waals surface area contributed by atoms with Crippen LogP contribution in [0.2, 0.25) is 0 Å². The first-order valence-corrected chi connectivity index (χ1v) is 4.70. The molecule has 0 saturated carbocycles. The Morgan fingerprint density at radius 2 is 2.20 bits per heavy atom. The van der Waals surface area contributed by atoms with E-state index in [1.807, 2.05) is 6.07 Å². The number of hydrogen-bond donors (Lipinski definition) is 2. The zero-order valence-corrected chi connectivity index (χ0v) is 8.58. The zero-order chi connectivity index (χ0) is 11.1. The van der Waals surface area contributed by atoms with Crippen molar-refractivity contribution in [3.05, 3.63) is 35.4 Å². The molecule has 1 rings (SSSR count). The van der Waals surface area contributed by atoms with Gasteiger partial charge in [-0.1, -0.05) is 24.0 Å². The third-order valence-corrected chi connectivity index (χ3v) is 1.86. The van der Waals surface area contributed by atoms with E-state index in [9.17, 15) is 4.79 Å². The highest BCUT2D eigenvalue weighted by Gasteiger charge is 2.06. The molecule has 1 aromatic carbocycles. The Labute approximate surface area is 89.1 Å². The first-order chi connectivity index (χ1) is 7.29. The number of aliphatic hydroxyl groups excluding tert-OH is 1. The van der Waals surface area contributed by atoms with Gasteiger partial charge in [0.25, 0.3) is 5.91 Å². The van der Waals surface area contributed by atoms with E-state index in [2.05, 4.69) is 17.2 Å². The van der Waals surface area contributed by atoms with Crippen LogP contribution in [-0.4, -0.2) is 24.7 Å². The first-order valence-electron chi connectivity index (χ1n) is 4.70. The smallest absolute Gasteiger partial charge is 0.252 e. The van der Waals surface area contributed by atoms with Crippen molar-refractivity contribution in [3.8, 4) is 11.8 Å². The van der Waals surface area contributed by atoms with Crippen LogP contribution in [0.1, 0.15) is 22.3 Å². The standard InChI is InChI=1S/C12H13NO2/c1-13-12(15)11-8-3-2-6-10(11)7-4-5-9-14/h2-3,6,8,14H,5,9H2,1H3,(H,13,15). The second-order valence-electron chi connectivity index (χ2n) is 2.90. The molecule has 0 bridgehead atoms. The van der Waals surface area contributed by atoms with Crippen molar-refractivity contribution < 1.29 is 9.90 Å². The summed E-state index contributed by atoms with van der Waals surface area (Å²) in [5, 5.41) is 11.1. The average Bonchev–Trinajstić information content (AvgIpc) is 2.29. The predicted molar refractivity (Wildman–Crippen MR) is 58.4 cm³/mol. The number of carbonyl (C=O) groups excluding carboxylic acids is 1. The fourth-order valence-electron chi connectivity index (χ4n) is 1.14. The van der Waals surface area contributed by atoms with Crippen LogP contribution in [0, 0.1) is 11.8 Å². The summed E-state index contributed by atoms with van der Waals surface area (Å²) in [7, 11) is 1.58. The molecule has 3 nitrogen and oxygen atoms in total. The maximum atomic E-state index is 11.4. The van der Waals surface area contributed by atoms with Gasteiger partial charge in [-0.15, -0.1) is 0 Å². The third kappa shape index (κ3) is 3.12. The lowest BCUT2D eigenvalue weighted by Gasteiger charge is -2.01. The number of benzene rings is 1. The molecule has 0 aliphatic carbocycles. The fraction of sp³-hybridized carbons (Fsp3) is 0.250. The van der Waals surface area contributed by atoms with Crippen molar-refractivity contribution in [2.45, 2.75) is 6.42 Å². The van der Waals surface area contributed by atoms with Crippen molar-refractivity contribution in [2.24, 2.45) is 0 Å². The second kappa shape index (κ2) is 5.84. The van der Waals surface area contributed by atoms with E-state index in [1.165, 1.54) is 0 Å². The molecule has 2 N–H and O–H groups in total. The SMILES string of the molecule is CNC(=O)c1ccccc1C#CCCO. The van der Waals surface area contributed by atoms with Crippen molar-refractivity contribution in [2.75, 3.05) is 13.7 Å². The largest absolute Gasteiger partial charge is 0.395 e. The molecule has 0 aliphatic heterocycles. The maximum absolute atomic E-state index is 11.4. The van der Waals surface area contributed by atoms with Gasteiger partial charge >= 0.3 is 0 Å². The lowest BCUT2D eigenvalue weighted by molar-refractivity contribution is 0.0963. The monoisotopic (exact) mass is 203 g/mol. The second-order valence-corrected chi connectivity index (χ2v) is 2.90. The predicted octanol–water partition coefficient (Wildman–Crippen LogP) is 0.780. The molecule has 0 radical (unpaired) electrons. The van der Waals surface area contributed by atoms with Crippen molar-refractivity contribution in [1.82, 2.24) is 5.32 Å². The van der Waals surface area contributed by atoms with Crippen molar-refractivity contribution >= 4 is 5.91 Å². The van der Waals surface area contributed by atoms with Gasteiger partial charge < -0.3 is 10.4 Å². The van der Waals surface area contributed by atoms with E-state index in [4.69, 9.17) is 5.11 Å². The number of carbonyl (C=O) groups is 1. The first kappa shape index (κ1) is 11.3. The van der Waals surface area contributed by atoms with Gasteiger partial charge in [0.05, 0.1) is 12.2 Å². The minimum atomic E-state index is -0.149. The van der Waals surface area contributed by atoms with Crippen molar-refractivity contribution in [1.29, 1.82) is 0 Å². The molecule has 0 saturated heterocycles. The molecule has 1 aromatic rings. The Balaban J connectivity index is 2.98. The molecule has 0 heterocycles. The summed E-state index contributed by atoms with van der Waals surface area (Å²) in [6.07, 6.45) is 0.419. The van der Waals surface area contributed by atoms with Gasteiger partial charge in [0.2, 0.25) is 0 Å². The van der Waals surface area contributed by atoms with E-state index >= 15 is 0 Å². The van der Waals surface area contributed by atoms with Crippen LogP contribution in [0.15, 0.2) is 24.3 Å². The van der Waals surface area contributed by atoms with Crippen LogP contribution >= 0.6 is 0 Å². The molecule has 0 aromatic heterocycles. The number of hydrogen-bond acceptors (Lipinski definition) is 2. The summed E-state index contributed by atoms with van der Waals surface area (Å²) in [5.41, 5.74) is 1.25. The summed E-state index contributed by atoms with van der Waals surface area (Å²) in [6.45, 7) is 0.0368. The molecule has 1 amide bonds. The molecule has 15 heavy (non-hydrogen) atoms. The summed E-state index contributed by atoms with van der Waals surface area (Å²) in [4.78, 5) is 11.4. The molecular weight excluding hydrogens is 190 g/mol. The van der Waals surface area contributed by atoms with Crippen LogP contribution in [0.5, 0.6) is 0 Å². The normalized spacial score (nSPS) is 8.93. The Morgan fingerprint density at radius 3 is 2.87 bits per heavy atom. The van der Waals surface area contributed by atoms with Crippen LogP contribution in [0.4, 0.5) is 0 Å². The average molecular weight is 203 g/mol. The van der Waals surface area contributed by atoms with E-state index in [0.717, 1.165) is 0 Å². The molecule has 78 valence electrons. The Hall–Kier alpha value is -1.79. The quantitative estimate of drug-likeness (QED) is 0.698. The highest BCUT2D eigenvalue weighted by atomic mass is 16.2. The lowest BCUT2D eigenvalue weighted by Crippen LogP contribution is -2.18. The molecule has 0 atom stereocenters. The molecule has 0 unspecified atom stereocenters. The minimum absolute atomic E-state index is 0.0368. The Bertz CT molecular complexity index is 402. The molecular formula is C12H13NO2. The van der Waals surface area contributed by atoms with Crippen LogP contribution in [0.25, 0.3) is 0 Å². The molecule has 3 heteroatoms. The topological polar surface area (TPSA) is 49.3 Å². The Kier molecular flexibility index (Phi) is 4.39. The molecule has 0 aliphatic rings. The summed E-state index contributed by atoms with van der Waals surface area (Å²) in [6, 6.07) is 7.13. The van der Waals surface area contributed by atoms with Gasteiger partial charge in [-0.05, 0) is 12.1 Å². The van der Waals surface area contributed by atoms with E-state index in [1.54, 1.807) is 25.2 Å². The van der Waals surface area contributed by atoms with Crippen LogP contribution in [-0.2, 0) is 0 Å². The van der Waals surface area contributed by atoms with E-state index in [-0.39, 0.29) is 12.5 Å². The van der Waals surface area contributed by atoms with Gasteiger partial charge in [-0.25, -0.2) is 0 Å². The summed E-state index contributed by atoms with van der Waals surface area (Å²) >= 11 is 0. The van der Waals surface area contributed by atoms with Crippen molar-refractivity contribution in [3.63, 3.8) is 0 Å². The molecule has 0 spiro atoms. The zero-order valence-electron chi connectivity index (χ0n) is 8.58. The highest BCUT2D eigenvalue weighted by molar-refractivity contribution is 5.96. The van der Waals surface area contributed by atoms with Gasteiger partial charge in [0, 0.05) is 19.0 Å². The maximum Gasteiger partial charge on any atom is 0.252 e. The van der Waals surface area contributed by atoms with Gasteiger partial charge in [-0.3, -0.25) is 4.79 Å². The van der Waals surface area contributed by atoms with Gasteiger partial charge in [0.15, 0.2) is 0 Å². The number of rotatable bonds is 2. The summed E-state index contributed by atoms with van der Waals surface area (Å²) in [5.74, 6) is 5.50. The summed E-state index contributed by atoms with van der Waals surface area (Å²) < 4.78 is 0.